The number of hydrogen-bond donors (Lipinski definition) is 0. The fraction of sp³-hybridized carbons (Fsp3) is 0.429. The Morgan fingerprint density at radius 3 is 2.06 bits per heavy atom. The van der Waals surface area contributed by atoms with E-state index in [0.29, 0.717) is 18.5 Å². The standard InChI is InChI=1S/C14H21O3P/c1-4-11-16-18(15,17-12-5-2)13(3)14-9-7-6-8-10-14/h6-10H,3-5,11-12H2,1-2H3. The Kier molecular flexibility index (Phi) is 6.34. The molecule has 1 aromatic carbocycles. The minimum Gasteiger partial charge on any atom is -0.305 e. The molecule has 0 aliphatic carbocycles. The van der Waals surface area contributed by atoms with Gasteiger partial charge < -0.3 is 9.05 Å². The van der Waals surface area contributed by atoms with Crippen LogP contribution in [0.3, 0.4) is 0 Å². The van der Waals surface area contributed by atoms with Crippen molar-refractivity contribution in [2.45, 2.75) is 26.7 Å². The Bertz CT molecular complexity index is 402. The van der Waals surface area contributed by atoms with Gasteiger partial charge in [-0.15, -0.1) is 0 Å². The quantitative estimate of drug-likeness (QED) is 0.641. The van der Waals surface area contributed by atoms with E-state index in [-0.39, 0.29) is 0 Å². The predicted octanol–water partition coefficient (Wildman–Crippen LogP) is 4.70. The van der Waals surface area contributed by atoms with Gasteiger partial charge in [-0.3, -0.25) is 4.57 Å². The Labute approximate surface area is 109 Å². The topological polar surface area (TPSA) is 35.5 Å². The molecule has 0 aliphatic rings. The molecule has 0 N–H and O–H groups in total. The van der Waals surface area contributed by atoms with Crippen LogP contribution in [-0.4, -0.2) is 13.2 Å². The maximum Gasteiger partial charge on any atom is 0.361 e. The van der Waals surface area contributed by atoms with Crippen molar-refractivity contribution in [3.8, 4) is 0 Å². The van der Waals surface area contributed by atoms with Gasteiger partial charge >= 0.3 is 7.60 Å². The maximum atomic E-state index is 12.7. The first-order valence-corrected chi connectivity index (χ1v) is 7.82. The van der Waals surface area contributed by atoms with Gasteiger partial charge in [-0.25, -0.2) is 0 Å². The average Bonchev–Trinajstić information content (AvgIpc) is 2.43. The van der Waals surface area contributed by atoms with Gasteiger partial charge in [0.1, 0.15) is 0 Å². The lowest BCUT2D eigenvalue weighted by atomic mass is 10.2. The van der Waals surface area contributed by atoms with Crippen LogP contribution in [-0.2, 0) is 13.6 Å². The van der Waals surface area contributed by atoms with Crippen LogP contribution in [0.4, 0.5) is 0 Å². The molecule has 4 heteroatoms. The van der Waals surface area contributed by atoms with Gasteiger partial charge in [-0.2, -0.15) is 0 Å². The molecule has 0 fully saturated rings. The summed E-state index contributed by atoms with van der Waals surface area (Å²) in [6.07, 6.45) is 1.59. The van der Waals surface area contributed by atoms with Crippen molar-refractivity contribution in [2.75, 3.05) is 13.2 Å². The van der Waals surface area contributed by atoms with Crippen molar-refractivity contribution < 1.29 is 13.6 Å². The number of hydrogen-bond acceptors (Lipinski definition) is 3. The molecule has 100 valence electrons. The highest BCUT2D eigenvalue weighted by Gasteiger charge is 2.29. The van der Waals surface area contributed by atoms with Crippen molar-refractivity contribution >= 4 is 12.9 Å². The third kappa shape index (κ3) is 4.09. The molecule has 0 radical (unpaired) electrons. The summed E-state index contributed by atoms with van der Waals surface area (Å²) in [4.78, 5) is 0. The summed E-state index contributed by atoms with van der Waals surface area (Å²) in [5.41, 5.74) is 0.799. The first-order valence-electron chi connectivity index (χ1n) is 6.28. The van der Waals surface area contributed by atoms with E-state index in [9.17, 15) is 4.57 Å². The largest absolute Gasteiger partial charge is 0.361 e. The molecule has 0 saturated heterocycles. The molecule has 3 nitrogen and oxygen atoms in total. The predicted molar refractivity (Wildman–Crippen MR) is 75.6 cm³/mol. The monoisotopic (exact) mass is 268 g/mol. The highest BCUT2D eigenvalue weighted by Crippen LogP contribution is 2.59. The van der Waals surface area contributed by atoms with E-state index in [1.165, 1.54) is 0 Å². The molecule has 0 aliphatic heterocycles. The fourth-order valence-corrected chi connectivity index (χ4v) is 3.10. The van der Waals surface area contributed by atoms with Crippen molar-refractivity contribution in [2.24, 2.45) is 0 Å². The van der Waals surface area contributed by atoms with Crippen LogP contribution >= 0.6 is 7.60 Å². The van der Waals surface area contributed by atoms with E-state index in [2.05, 4.69) is 6.58 Å². The molecular formula is C14H21O3P. The average molecular weight is 268 g/mol. The van der Waals surface area contributed by atoms with Crippen molar-refractivity contribution in [3.63, 3.8) is 0 Å². The smallest absolute Gasteiger partial charge is 0.305 e. The lowest BCUT2D eigenvalue weighted by Gasteiger charge is -2.20. The van der Waals surface area contributed by atoms with Crippen molar-refractivity contribution in [3.05, 3.63) is 42.5 Å². The summed E-state index contributed by atoms with van der Waals surface area (Å²) in [7, 11) is -3.26. The van der Waals surface area contributed by atoms with Gasteiger partial charge in [0.15, 0.2) is 0 Å². The summed E-state index contributed by atoms with van der Waals surface area (Å²) in [6, 6.07) is 9.38. The Morgan fingerprint density at radius 2 is 1.61 bits per heavy atom. The van der Waals surface area contributed by atoms with E-state index in [1.807, 2.05) is 44.2 Å². The van der Waals surface area contributed by atoms with E-state index in [4.69, 9.17) is 9.05 Å². The van der Waals surface area contributed by atoms with E-state index >= 15 is 0 Å². The number of rotatable bonds is 8. The van der Waals surface area contributed by atoms with Crippen LogP contribution in [0.15, 0.2) is 36.9 Å². The second-order valence-electron chi connectivity index (χ2n) is 3.98. The van der Waals surface area contributed by atoms with Crippen LogP contribution in [0.1, 0.15) is 32.3 Å². The zero-order valence-electron chi connectivity index (χ0n) is 11.1. The molecular weight excluding hydrogens is 247 g/mol. The van der Waals surface area contributed by atoms with Crippen LogP contribution in [0.5, 0.6) is 0 Å². The first kappa shape index (κ1) is 15.2. The second kappa shape index (κ2) is 7.52. The molecule has 0 aromatic heterocycles. The summed E-state index contributed by atoms with van der Waals surface area (Å²) >= 11 is 0. The first-order chi connectivity index (χ1) is 8.64. The van der Waals surface area contributed by atoms with Gasteiger partial charge in [0.05, 0.1) is 18.5 Å². The van der Waals surface area contributed by atoms with Gasteiger partial charge in [-0.1, -0.05) is 50.8 Å². The summed E-state index contributed by atoms with van der Waals surface area (Å²) in [6.45, 7) is 8.64. The van der Waals surface area contributed by atoms with Crippen LogP contribution in [0.25, 0.3) is 5.31 Å². The Hall–Kier alpha value is -0.890. The second-order valence-corrected chi connectivity index (χ2v) is 6.03. The lowest BCUT2D eigenvalue weighted by molar-refractivity contribution is 0.214. The summed E-state index contributed by atoms with van der Waals surface area (Å²) in [5, 5.41) is 0.435. The molecule has 18 heavy (non-hydrogen) atoms. The Morgan fingerprint density at radius 1 is 1.11 bits per heavy atom. The summed E-state index contributed by atoms with van der Waals surface area (Å²) < 4.78 is 23.5. The lowest BCUT2D eigenvalue weighted by Crippen LogP contribution is -2.00. The zero-order valence-corrected chi connectivity index (χ0v) is 12.0. The maximum absolute atomic E-state index is 12.7. The SMILES string of the molecule is C=C(c1ccccc1)P(=O)(OCCC)OCCC. The third-order valence-corrected chi connectivity index (χ3v) is 4.33. The van der Waals surface area contributed by atoms with Gasteiger partial charge in [0, 0.05) is 0 Å². The molecule has 1 rings (SSSR count). The van der Waals surface area contributed by atoms with Gasteiger partial charge in [0.2, 0.25) is 0 Å². The highest BCUT2D eigenvalue weighted by atomic mass is 31.2. The number of benzene rings is 1. The normalized spacial score (nSPS) is 11.4. The van der Waals surface area contributed by atoms with E-state index in [0.717, 1.165) is 18.4 Å². The van der Waals surface area contributed by atoms with E-state index < -0.39 is 7.60 Å². The van der Waals surface area contributed by atoms with Crippen LogP contribution in [0, 0.1) is 0 Å². The highest BCUT2D eigenvalue weighted by molar-refractivity contribution is 7.65. The minimum absolute atomic E-state index is 0.410. The van der Waals surface area contributed by atoms with Crippen LogP contribution < -0.4 is 0 Å². The summed E-state index contributed by atoms with van der Waals surface area (Å²) in [5.74, 6) is 0. The molecule has 1 aromatic rings. The van der Waals surface area contributed by atoms with Gasteiger partial charge in [0.25, 0.3) is 0 Å². The van der Waals surface area contributed by atoms with E-state index in [1.54, 1.807) is 0 Å². The molecule has 0 amide bonds. The fourth-order valence-electron chi connectivity index (χ4n) is 1.40. The molecule has 0 spiro atoms. The van der Waals surface area contributed by atoms with Crippen LogP contribution in [0.2, 0.25) is 0 Å². The molecule has 0 heterocycles. The minimum atomic E-state index is -3.26. The third-order valence-electron chi connectivity index (χ3n) is 2.37. The van der Waals surface area contributed by atoms with Crippen molar-refractivity contribution in [1.82, 2.24) is 0 Å². The van der Waals surface area contributed by atoms with Gasteiger partial charge in [-0.05, 0) is 18.4 Å². The van der Waals surface area contributed by atoms with Crippen molar-refractivity contribution in [1.29, 1.82) is 0 Å². The molecule has 0 saturated carbocycles. The molecule has 0 unspecified atom stereocenters. The zero-order chi connectivity index (χ0) is 13.4. The molecule has 0 bridgehead atoms. The Balaban J connectivity index is 2.88. The molecule has 0 atom stereocenters.